The first-order chi connectivity index (χ1) is 16.4. The summed E-state index contributed by atoms with van der Waals surface area (Å²) in [5.41, 5.74) is 4.36. The minimum absolute atomic E-state index is 0.0380. The van der Waals surface area contributed by atoms with Crippen LogP contribution in [0.2, 0.25) is 0 Å². The molecule has 2 aliphatic rings. The van der Waals surface area contributed by atoms with Crippen LogP contribution in [0.4, 0.5) is 5.69 Å². The molecule has 174 valence electrons. The second-order valence-corrected chi connectivity index (χ2v) is 9.45. The summed E-state index contributed by atoms with van der Waals surface area (Å²) in [6.45, 7) is 2.01. The monoisotopic (exact) mass is 456 g/mol. The molecule has 34 heavy (non-hydrogen) atoms. The zero-order valence-corrected chi connectivity index (χ0v) is 19.1. The summed E-state index contributed by atoms with van der Waals surface area (Å²) in [4.78, 5) is 25.6. The van der Waals surface area contributed by atoms with Gasteiger partial charge in [-0.25, -0.2) is 0 Å². The minimum Gasteiger partial charge on any atom is -0.504 e. The quantitative estimate of drug-likeness (QED) is 0.391. The number of aryl methyl sites for hydroxylation is 1. The zero-order chi connectivity index (χ0) is 23.9. The lowest BCUT2D eigenvalue weighted by Gasteiger charge is -2.26. The Morgan fingerprint density at radius 1 is 0.912 bits per heavy atom. The van der Waals surface area contributed by atoms with E-state index in [2.05, 4.69) is 10.6 Å². The van der Waals surface area contributed by atoms with Gasteiger partial charge in [0.2, 0.25) is 5.91 Å². The highest BCUT2D eigenvalue weighted by molar-refractivity contribution is 6.02. The van der Waals surface area contributed by atoms with Crippen molar-refractivity contribution in [3.63, 3.8) is 0 Å². The lowest BCUT2D eigenvalue weighted by atomic mass is 9.92. The number of phenols is 2. The summed E-state index contributed by atoms with van der Waals surface area (Å²) in [7, 11) is 0. The molecule has 0 saturated heterocycles. The van der Waals surface area contributed by atoms with Gasteiger partial charge in [-0.15, -0.1) is 0 Å². The van der Waals surface area contributed by atoms with Crippen LogP contribution in [-0.2, 0) is 10.2 Å². The average molecular weight is 457 g/mol. The van der Waals surface area contributed by atoms with E-state index in [1.807, 2.05) is 49.4 Å². The number of carbonyl (C=O) groups is 2. The molecule has 6 heteroatoms. The number of anilines is 1. The van der Waals surface area contributed by atoms with Crippen molar-refractivity contribution < 1.29 is 19.8 Å². The average Bonchev–Trinajstić information content (AvgIpc) is 3.61. The molecule has 4 N–H and O–H groups in total. The Bertz CT molecular complexity index is 1260. The summed E-state index contributed by atoms with van der Waals surface area (Å²) >= 11 is 0. The molecule has 0 aliphatic heterocycles. The summed E-state index contributed by atoms with van der Waals surface area (Å²) in [5.74, 6) is -0.590. The van der Waals surface area contributed by atoms with Gasteiger partial charge >= 0.3 is 0 Å². The number of hydrogen-bond acceptors (Lipinski definition) is 4. The Hall–Kier alpha value is -3.80. The van der Waals surface area contributed by atoms with Gasteiger partial charge in [-0.1, -0.05) is 24.3 Å². The second-order valence-electron chi connectivity index (χ2n) is 9.45. The highest BCUT2D eigenvalue weighted by Crippen LogP contribution is 2.50. The maximum Gasteiger partial charge on any atom is 0.251 e. The van der Waals surface area contributed by atoms with Gasteiger partial charge in [0.15, 0.2) is 11.5 Å². The maximum atomic E-state index is 13.2. The van der Waals surface area contributed by atoms with E-state index < -0.39 is 5.41 Å². The predicted octanol–water partition coefficient (Wildman–Crippen LogP) is 5.03. The summed E-state index contributed by atoms with van der Waals surface area (Å²) < 4.78 is 0. The SMILES string of the molecule is Cc1ccc(NC(=O)C2(c3ccc(O)c(O)c3)CC2)cc1-c1ccc(C(=O)NC2CCC2)cc1. The largest absolute Gasteiger partial charge is 0.504 e. The molecule has 0 radical (unpaired) electrons. The molecule has 5 rings (SSSR count). The van der Waals surface area contributed by atoms with Crippen LogP contribution >= 0.6 is 0 Å². The van der Waals surface area contributed by atoms with Crippen molar-refractivity contribution in [1.82, 2.24) is 5.32 Å². The Morgan fingerprint density at radius 2 is 1.65 bits per heavy atom. The van der Waals surface area contributed by atoms with Crippen molar-refractivity contribution in [2.45, 2.75) is 50.5 Å². The third-order valence-electron chi connectivity index (χ3n) is 7.11. The molecule has 2 aliphatic carbocycles. The van der Waals surface area contributed by atoms with Crippen LogP contribution in [-0.4, -0.2) is 28.1 Å². The minimum atomic E-state index is -0.689. The molecule has 2 amide bonds. The van der Waals surface area contributed by atoms with Gasteiger partial charge in [0.1, 0.15) is 0 Å². The number of nitrogens with one attached hydrogen (secondary N) is 2. The van der Waals surface area contributed by atoms with Crippen molar-refractivity contribution in [2.24, 2.45) is 0 Å². The molecule has 0 spiro atoms. The van der Waals surface area contributed by atoms with Gasteiger partial charge in [-0.05, 0) is 97.7 Å². The maximum absolute atomic E-state index is 13.2. The molecule has 0 bridgehead atoms. The summed E-state index contributed by atoms with van der Waals surface area (Å²) in [5, 5.41) is 25.5. The fraction of sp³-hybridized carbons (Fsp3) is 0.286. The molecule has 2 saturated carbocycles. The summed E-state index contributed by atoms with van der Waals surface area (Å²) in [6.07, 6.45) is 4.65. The van der Waals surface area contributed by atoms with Crippen LogP contribution in [0.5, 0.6) is 11.5 Å². The zero-order valence-electron chi connectivity index (χ0n) is 19.1. The first-order valence-corrected chi connectivity index (χ1v) is 11.7. The second kappa shape index (κ2) is 8.52. The number of phenolic OH excluding ortho intramolecular Hbond substituents is 2. The van der Waals surface area contributed by atoms with Crippen molar-refractivity contribution in [2.75, 3.05) is 5.32 Å². The van der Waals surface area contributed by atoms with Crippen molar-refractivity contribution in [3.05, 3.63) is 77.4 Å². The smallest absolute Gasteiger partial charge is 0.251 e. The van der Waals surface area contributed by atoms with E-state index in [9.17, 15) is 19.8 Å². The van der Waals surface area contributed by atoms with Crippen molar-refractivity contribution in [1.29, 1.82) is 0 Å². The number of hydrogen-bond donors (Lipinski definition) is 4. The molecule has 0 atom stereocenters. The molecule has 0 unspecified atom stereocenters. The molecular weight excluding hydrogens is 428 g/mol. The standard InChI is InChI=1S/C28H28N2O4/c1-17-5-11-22(30-27(34)28(13-14-28)20-10-12-24(31)25(32)15-20)16-23(17)18-6-8-19(9-7-18)26(33)29-21-3-2-4-21/h5-12,15-16,21,31-32H,2-4,13-14H2,1H3,(H,29,33)(H,30,34). The predicted molar refractivity (Wildman–Crippen MR) is 131 cm³/mol. The Balaban J connectivity index is 1.33. The van der Waals surface area contributed by atoms with E-state index in [1.54, 1.807) is 6.07 Å². The fourth-order valence-corrected chi connectivity index (χ4v) is 4.48. The Morgan fingerprint density at radius 3 is 2.26 bits per heavy atom. The van der Waals surface area contributed by atoms with E-state index in [4.69, 9.17) is 0 Å². The number of aromatic hydroxyl groups is 2. The topological polar surface area (TPSA) is 98.7 Å². The number of rotatable bonds is 6. The molecule has 0 heterocycles. The number of benzene rings is 3. The van der Waals surface area contributed by atoms with E-state index in [0.717, 1.165) is 29.5 Å². The van der Waals surface area contributed by atoms with Gasteiger partial charge in [-0.2, -0.15) is 0 Å². The van der Waals surface area contributed by atoms with Gasteiger partial charge in [-0.3, -0.25) is 9.59 Å². The van der Waals surface area contributed by atoms with Crippen LogP contribution in [0.15, 0.2) is 60.7 Å². The fourth-order valence-electron chi connectivity index (χ4n) is 4.48. The normalized spacial score (nSPS) is 16.4. The van der Waals surface area contributed by atoms with Gasteiger partial charge in [0.05, 0.1) is 5.41 Å². The van der Waals surface area contributed by atoms with Crippen LogP contribution in [0.1, 0.15) is 53.6 Å². The molecule has 3 aromatic rings. The van der Waals surface area contributed by atoms with Gasteiger partial charge in [0.25, 0.3) is 5.91 Å². The third kappa shape index (κ3) is 4.12. The highest BCUT2D eigenvalue weighted by atomic mass is 16.3. The van der Waals surface area contributed by atoms with Crippen molar-refractivity contribution in [3.8, 4) is 22.6 Å². The Labute approximate surface area is 198 Å². The van der Waals surface area contributed by atoms with Crippen LogP contribution < -0.4 is 10.6 Å². The van der Waals surface area contributed by atoms with E-state index in [0.29, 0.717) is 35.7 Å². The lowest BCUT2D eigenvalue weighted by molar-refractivity contribution is -0.118. The van der Waals surface area contributed by atoms with Crippen LogP contribution in [0.3, 0.4) is 0 Å². The molecule has 2 fully saturated rings. The third-order valence-corrected chi connectivity index (χ3v) is 7.11. The summed E-state index contributed by atoms with van der Waals surface area (Å²) in [6, 6.07) is 18.2. The highest BCUT2D eigenvalue weighted by Gasteiger charge is 2.51. The van der Waals surface area contributed by atoms with E-state index in [-0.39, 0.29) is 23.3 Å². The van der Waals surface area contributed by atoms with Crippen molar-refractivity contribution >= 4 is 17.5 Å². The van der Waals surface area contributed by atoms with Crippen LogP contribution in [0.25, 0.3) is 11.1 Å². The van der Waals surface area contributed by atoms with Gasteiger partial charge < -0.3 is 20.8 Å². The molecule has 6 nitrogen and oxygen atoms in total. The van der Waals surface area contributed by atoms with Crippen LogP contribution in [0, 0.1) is 6.92 Å². The lowest BCUT2D eigenvalue weighted by Crippen LogP contribution is -2.39. The van der Waals surface area contributed by atoms with Gasteiger partial charge in [0, 0.05) is 17.3 Å². The molecule has 0 aromatic heterocycles. The van der Waals surface area contributed by atoms with E-state index >= 15 is 0 Å². The first kappa shape index (κ1) is 22.0. The Kier molecular flexibility index (Phi) is 5.52. The first-order valence-electron chi connectivity index (χ1n) is 11.7. The van der Waals surface area contributed by atoms with E-state index in [1.165, 1.54) is 18.6 Å². The number of carbonyl (C=O) groups excluding carboxylic acids is 2. The molecular formula is C28H28N2O4. The molecule has 3 aromatic carbocycles. The number of amides is 2.